The molecular weight excluding hydrogens is 232 g/mol. The molecule has 0 aliphatic rings. The quantitative estimate of drug-likeness (QED) is 0.844. The second-order valence-electron chi connectivity index (χ2n) is 3.83. The first kappa shape index (κ1) is 11.8. The van der Waals surface area contributed by atoms with Crippen molar-refractivity contribution in [2.75, 3.05) is 5.73 Å². The lowest BCUT2D eigenvalue weighted by Crippen LogP contribution is -2.04. The van der Waals surface area contributed by atoms with Crippen LogP contribution in [0.5, 0.6) is 0 Å². The van der Waals surface area contributed by atoms with Crippen LogP contribution in [0.1, 0.15) is 28.5 Å². The minimum atomic E-state index is 0.0885. The molecule has 0 bridgehead atoms. The van der Waals surface area contributed by atoms with E-state index in [0.29, 0.717) is 11.6 Å². The lowest BCUT2D eigenvalue weighted by molar-refractivity contribution is 0.0992. The molecule has 2 N–H and O–H groups in total. The molecule has 2 rings (SSSR count). The molecule has 0 spiro atoms. The smallest absolute Gasteiger partial charge is 0.180 e. The third kappa shape index (κ3) is 2.91. The highest BCUT2D eigenvalue weighted by atomic mass is 32.1. The highest BCUT2D eigenvalue weighted by molar-refractivity contribution is 7.13. The Balaban J connectivity index is 2.14. The number of carbonyl (C=O) groups is 1. The van der Waals surface area contributed by atoms with E-state index in [4.69, 9.17) is 5.73 Å². The molecule has 1 aromatic carbocycles. The Morgan fingerprint density at radius 2 is 2.29 bits per heavy atom. The molecule has 0 unspecified atom stereocenters. The third-order valence-electron chi connectivity index (χ3n) is 2.57. The minimum absolute atomic E-state index is 0.0885. The second kappa shape index (κ2) is 5.10. The summed E-state index contributed by atoms with van der Waals surface area (Å²) in [5, 5.41) is 2.34. The molecule has 0 saturated heterocycles. The number of Topliss-reactive ketones (excluding diaryl/α,β-unsaturated/α-hetero) is 1. The summed E-state index contributed by atoms with van der Waals surface area (Å²) in [6, 6.07) is 7.73. The number of thiazole rings is 1. The largest absolute Gasteiger partial charge is 0.375 e. The fraction of sp³-hybridized carbons (Fsp3) is 0.231. The van der Waals surface area contributed by atoms with Gasteiger partial charge in [0.2, 0.25) is 0 Å². The zero-order chi connectivity index (χ0) is 12.3. The first-order valence-electron chi connectivity index (χ1n) is 5.51. The van der Waals surface area contributed by atoms with Gasteiger partial charge in [-0.25, -0.2) is 4.98 Å². The fourth-order valence-corrected chi connectivity index (χ4v) is 2.20. The van der Waals surface area contributed by atoms with Crippen LogP contribution >= 0.6 is 11.3 Å². The van der Waals surface area contributed by atoms with Crippen LogP contribution in [0, 0.1) is 0 Å². The molecule has 17 heavy (non-hydrogen) atoms. The number of nitrogens with two attached hydrogens (primary N) is 1. The predicted molar refractivity (Wildman–Crippen MR) is 70.4 cm³/mol. The molecule has 0 saturated carbocycles. The number of hydrogen-bond donors (Lipinski definition) is 1. The molecule has 0 fully saturated rings. The molecule has 0 atom stereocenters. The van der Waals surface area contributed by atoms with Gasteiger partial charge in [0.1, 0.15) is 0 Å². The van der Waals surface area contributed by atoms with Crippen LogP contribution in [-0.2, 0) is 12.8 Å². The summed E-state index contributed by atoms with van der Waals surface area (Å²) in [4.78, 5) is 16.1. The number of carbonyl (C=O) groups excluding carboxylic acids is 1. The summed E-state index contributed by atoms with van der Waals surface area (Å²) in [6.07, 6.45) is 1.26. The van der Waals surface area contributed by atoms with Gasteiger partial charge in [-0.3, -0.25) is 4.79 Å². The van der Waals surface area contributed by atoms with Gasteiger partial charge in [-0.05, 0) is 18.1 Å². The van der Waals surface area contributed by atoms with Gasteiger partial charge in [-0.2, -0.15) is 0 Å². The van der Waals surface area contributed by atoms with Gasteiger partial charge in [-0.15, -0.1) is 11.3 Å². The summed E-state index contributed by atoms with van der Waals surface area (Å²) in [5.41, 5.74) is 8.21. The number of anilines is 1. The molecule has 0 amide bonds. The van der Waals surface area contributed by atoms with E-state index in [1.165, 1.54) is 16.9 Å². The number of hydrogen-bond acceptors (Lipinski definition) is 4. The number of benzene rings is 1. The van der Waals surface area contributed by atoms with Crippen LogP contribution in [-0.4, -0.2) is 10.8 Å². The van der Waals surface area contributed by atoms with E-state index in [-0.39, 0.29) is 5.78 Å². The van der Waals surface area contributed by atoms with E-state index < -0.39 is 0 Å². The zero-order valence-electron chi connectivity index (χ0n) is 9.64. The van der Waals surface area contributed by atoms with Crippen molar-refractivity contribution in [1.29, 1.82) is 0 Å². The normalized spacial score (nSPS) is 10.4. The van der Waals surface area contributed by atoms with E-state index in [0.717, 1.165) is 17.7 Å². The van der Waals surface area contributed by atoms with Gasteiger partial charge >= 0.3 is 0 Å². The standard InChI is InChI=1S/C13H14N2OS/c1-2-9-4-3-5-10(6-9)12(16)7-11-8-17-13(14)15-11/h3-6,8H,2,7H2,1H3,(H2,14,15). The maximum absolute atomic E-state index is 12.0. The molecular formula is C13H14N2OS. The Kier molecular flexibility index (Phi) is 3.54. The summed E-state index contributed by atoms with van der Waals surface area (Å²) in [6.45, 7) is 2.07. The van der Waals surface area contributed by atoms with E-state index in [1.54, 1.807) is 0 Å². The van der Waals surface area contributed by atoms with Crippen molar-refractivity contribution in [3.8, 4) is 0 Å². The van der Waals surface area contributed by atoms with E-state index in [9.17, 15) is 4.79 Å². The van der Waals surface area contributed by atoms with E-state index in [2.05, 4.69) is 11.9 Å². The third-order valence-corrected chi connectivity index (χ3v) is 3.29. The highest BCUT2D eigenvalue weighted by Gasteiger charge is 2.09. The molecule has 88 valence electrons. The molecule has 1 heterocycles. The van der Waals surface area contributed by atoms with Gasteiger partial charge in [0, 0.05) is 10.9 Å². The Bertz CT molecular complexity index is 534. The van der Waals surface area contributed by atoms with Crippen LogP contribution in [0.4, 0.5) is 5.13 Å². The van der Waals surface area contributed by atoms with E-state index >= 15 is 0 Å². The van der Waals surface area contributed by atoms with Crippen LogP contribution in [0.2, 0.25) is 0 Å². The molecule has 0 aliphatic heterocycles. The number of rotatable bonds is 4. The Hall–Kier alpha value is -1.68. The second-order valence-corrected chi connectivity index (χ2v) is 4.72. The minimum Gasteiger partial charge on any atom is -0.375 e. The average Bonchev–Trinajstić information content (AvgIpc) is 2.75. The number of ketones is 1. The number of aromatic nitrogens is 1. The molecule has 4 heteroatoms. The summed E-state index contributed by atoms with van der Waals surface area (Å²) < 4.78 is 0. The molecule has 2 aromatic rings. The lowest BCUT2D eigenvalue weighted by Gasteiger charge is -2.01. The van der Waals surface area contributed by atoms with Crippen LogP contribution in [0.25, 0.3) is 0 Å². The van der Waals surface area contributed by atoms with Gasteiger partial charge in [0.15, 0.2) is 10.9 Å². The lowest BCUT2D eigenvalue weighted by atomic mass is 10.0. The Labute approximate surface area is 104 Å². The van der Waals surface area contributed by atoms with Gasteiger partial charge < -0.3 is 5.73 Å². The van der Waals surface area contributed by atoms with Gasteiger partial charge in [-0.1, -0.05) is 25.1 Å². The van der Waals surface area contributed by atoms with Crippen LogP contribution in [0.3, 0.4) is 0 Å². The van der Waals surface area contributed by atoms with E-state index in [1.807, 2.05) is 29.6 Å². The molecule has 0 radical (unpaired) electrons. The highest BCUT2D eigenvalue weighted by Crippen LogP contribution is 2.14. The van der Waals surface area contributed by atoms with Crippen molar-refractivity contribution >= 4 is 22.3 Å². The van der Waals surface area contributed by atoms with Crippen molar-refractivity contribution in [3.05, 3.63) is 46.5 Å². The van der Waals surface area contributed by atoms with Gasteiger partial charge in [0.05, 0.1) is 12.1 Å². The van der Waals surface area contributed by atoms with Gasteiger partial charge in [0.25, 0.3) is 0 Å². The Morgan fingerprint density at radius 3 is 2.94 bits per heavy atom. The summed E-state index contributed by atoms with van der Waals surface area (Å²) in [5.74, 6) is 0.0885. The van der Waals surface area contributed by atoms with Crippen LogP contribution in [0.15, 0.2) is 29.6 Å². The molecule has 3 nitrogen and oxygen atoms in total. The average molecular weight is 246 g/mol. The van der Waals surface area contributed by atoms with Crippen molar-refractivity contribution in [1.82, 2.24) is 4.98 Å². The SMILES string of the molecule is CCc1cccc(C(=O)Cc2csc(N)n2)c1. The first-order chi connectivity index (χ1) is 8.19. The number of aryl methyl sites for hydroxylation is 1. The van der Waals surface area contributed by atoms with Crippen molar-refractivity contribution in [2.24, 2.45) is 0 Å². The molecule has 0 aliphatic carbocycles. The monoisotopic (exact) mass is 246 g/mol. The number of nitrogen functional groups attached to an aromatic ring is 1. The summed E-state index contributed by atoms with van der Waals surface area (Å²) >= 11 is 1.36. The summed E-state index contributed by atoms with van der Waals surface area (Å²) in [7, 11) is 0. The van der Waals surface area contributed by atoms with Crippen molar-refractivity contribution < 1.29 is 4.79 Å². The predicted octanol–water partition coefficient (Wildman–Crippen LogP) is 2.71. The Morgan fingerprint density at radius 1 is 1.47 bits per heavy atom. The van der Waals surface area contributed by atoms with Crippen molar-refractivity contribution in [3.63, 3.8) is 0 Å². The molecule has 1 aromatic heterocycles. The first-order valence-corrected chi connectivity index (χ1v) is 6.39. The van der Waals surface area contributed by atoms with Crippen molar-refractivity contribution in [2.45, 2.75) is 19.8 Å². The maximum Gasteiger partial charge on any atom is 0.180 e. The fourth-order valence-electron chi connectivity index (χ4n) is 1.64. The zero-order valence-corrected chi connectivity index (χ0v) is 10.5. The number of nitrogens with zero attached hydrogens (tertiary/aromatic N) is 1. The van der Waals surface area contributed by atoms with Crippen LogP contribution < -0.4 is 5.73 Å². The topological polar surface area (TPSA) is 56.0 Å². The maximum atomic E-state index is 12.0.